The molecule has 4 N–H and O–H groups in total. The lowest BCUT2D eigenvalue weighted by atomic mass is 10.2. The molecule has 1 aromatic rings. The highest BCUT2D eigenvalue weighted by Crippen LogP contribution is 2.26. The van der Waals surface area contributed by atoms with Gasteiger partial charge in [0, 0.05) is 19.2 Å². The van der Waals surface area contributed by atoms with Crippen molar-refractivity contribution in [2.24, 2.45) is 5.73 Å². The first kappa shape index (κ1) is 18.7. The summed E-state index contributed by atoms with van der Waals surface area (Å²) in [5.41, 5.74) is 6.52. The van der Waals surface area contributed by atoms with E-state index >= 15 is 0 Å². The van der Waals surface area contributed by atoms with Crippen LogP contribution in [0, 0.1) is 0 Å². The highest BCUT2D eigenvalue weighted by Gasteiger charge is 2.29. The Hall–Kier alpha value is -1.34. The van der Waals surface area contributed by atoms with Crippen LogP contribution in [0.5, 0.6) is 0 Å². The van der Waals surface area contributed by atoms with Crippen LogP contribution in [-0.4, -0.2) is 30.6 Å². The van der Waals surface area contributed by atoms with Gasteiger partial charge in [-0.2, -0.15) is 0 Å². The van der Waals surface area contributed by atoms with Crippen molar-refractivity contribution < 1.29 is 14.3 Å². The summed E-state index contributed by atoms with van der Waals surface area (Å²) in [6.45, 7) is 1.80. The maximum Gasteiger partial charge on any atom is 0.253 e. The van der Waals surface area contributed by atoms with Crippen LogP contribution in [0.2, 0.25) is 5.02 Å². The zero-order chi connectivity index (χ0) is 15.4. The van der Waals surface area contributed by atoms with Crippen molar-refractivity contribution in [1.82, 2.24) is 0 Å². The summed E-state index contributed by atoms with van der Waals surface area (Å²) in [7, 11) is 0. The molecule has 122 valence electrons. The second-order valence-electron chi connectivity index (χ2n) is 4.92. The van der Waals surface area contributed by atoms with E-state index < -0.39 is 6.10 Å². The first-order valence-corrected chi connectivity index (χ1v) is 7.11. The summed E-state index contributed by atoms with van der Waals surface area (Å²) < 4.78 is 5.53. The first-order valence-electron chi connectivity index (χ1n) is 6.73. The van der Waals surface area contributed by atoms with Gasteiger partial charge in [-0.25, -0.2) is 0 Å². The van der Waals surface area contributed by atoms with E-state index in [2.05, 4.69) is 10.6 Å². The zero-order valence-electron chi connectivity index (χ0n) is 12.1. The summed E-state index contributed by atoms with van der Waals surface area (Å²) in [6.07, 6.45) is 0.894. The number of ether oxygens (including phenoxy) is 1. The second kappa shape index (κ2) is 8.33. The van der Waals surface area contributed by atoms with E-state index in [-0.39, 0.29) is 30.3 Å². The van der Waals surface area contributed by atoms with Gasteiger partial charge >= 0.3 is 0 Å². The molecule has 2 atom stereocenters. The van der Waals surface area contributed by atoms with E-state index in [1.54, 1.807) is 18.2 Å². The highest BCUT2D eigenvalue weighted by atomic mass is 35.5. The molecule has 1 saturated heterocycles. The molecule has 0 aliphatic carbocycles. The van der Waals surface area contributed by atoms with Crippen LogP contribution < -0.4 is 16.4 Å². The normalized spacial score (nSPS) is 20.1. The van der Waals surface area contributed by atoms with Crippen molar-refractivity contribution in [3.63, 3.8) is 0 Å². The smallest absolute Gasteiger partial charge is 0.253 e. The number of hydrogen-bond donors (Lipinski definition) is 3. The number of nitrogens with two attached hydrogens (primary N) is 1. The van der Waals surface area contributed by atoms with Crippen molar-refractivity contribution in [2.75, 3.05) is 17.2 Å². The van der Waals surface area contributed by atoms with Gasteiger partial charge < -0.3 is 21.1 Å². The van der Waals surface area contributed by atoms with Crippen LogP contribution in [0.25, 0.3) is 0 Å². The third-order valence-corrected chi connectivity index (χ3v) is 3.54. The topological polar surface area (TPSA) is 93.5 Å². The van der Waals surface area contributed by atoms with Gasteiger partial charge in [-0.1, -0.05) is 11.6 Å². The van der Waals surface area contributed by atoms with E-state index in [0.717, 1.165) is 6.42 Å². The Balaban J connectivity index is 0.00000242. The Labute approximate surface area is 140 Å². The average Bonchev–Trinajstić information content (AvgIpc) is 2.91. The van der Waals surface area contributed by atoms with Crippen LogP contribution in [-0.2, 0) is 14.3 Å². The van der Waals surface area contributed by atoms with Crippen LogP contribution in [0.15, 0.2) is 18.2 Å². The largest absolute Gasteiger partial charge is 0.364 e. The molecule has 0 saturated carbocycles. The SMILES string of the molecule is CC(=O)Nc1cc(NC(=O)[C@@H]2CC[C@H](CN)O2)ccc1Cl.Cl. The van der Waals surface area contributed by atoms with Crippen LogP contribution in [0.4, 0.5) is 11.4 Å². The fourth-order valence-corrected chi connectivity index (χ4v) is 2.35. The van der Waals surface area contributed by atoms with Crippen molar-refractivity contribution in [1.29, 1.82) is 0 Å². The van der Waals surface area contributed by atoms with Crippen molar-refractivity contribution in [3.05, 3.63) is 23.2 Å². The predicted molar refractivity (Wildman–Crippen MR) is 88.6 cm³/mol. The van der Waals surface area contributed by atoms with Gasteiger partial charge in [0.15, 0.2) is 0 Å². The number of anilines is 2. The van der Waals surface area contributed by atoms with Crippen molar-refractivity contribution in [2.45, 2.75) is 32.0 Å². The summed E-state index contributed by atoms with van der Waals surface area (Å²) in [5.74, 6) is -0.452. The Morgan fingerprint density at radius 1 is 1.36 bits per heavy atom. The van der Waals surface area contributed by atoms with Gasteiger partial charge in [0.2, 0.25) is 5.91 Å². The number of nitrogens with one attached hydrogen (secondary N) is 2. The lowest BCUT2D eigenvalue weighted by Gasteiger charge is -2.14. The number of amides is 2. The molecule has 0 spiro atoms. The maximum atomic E-state index is 12.1. The quantitative estimate of drug-likeness (QED) is 0.777. The molecule has 1 aliphatic heterocycles. The lowest BCUT2D eigenvalue weighted by molar-refractivity contribution is -0.126. The zero-order valence-corrected chi connectivity index (χ0v) is 13.7. The third kappa shape index (κ3) is 4.84. The molecule has 6 nitrogen and oxygen atoms in total. The van der Waals surface area contributed by atoms with Crippen LogP contribution in [0.3, 0.4) is 0 Å². The summed E-state index contributed by atoms with van der Waals surface area (Å²) in [6, 6.07) is 4.89. The van der Waals surface area contributed by atoms with Gasteiger partial charge in [-0.05, 0) is 31.0 Å². The van der Waals surface area contributed by atoms with E-state index in [9.17, 15) is 9.59 Å². The Kier molecular flexibility index (Phi) is 7.09. The Morgan fingerprint density at radius 2 is 2.09 bits per heavy atom. The molecule has 1 heterocycles. The molecular weight excluding hydrogens is 329 g/mol. The number of halogens is 2. The summed E-state index contributed by atoms with van der Waals surface area (Å²) in [4.78, 5) is 23.2. The first-order chi connectivity index (χ1) is 9.99. The molecule has 0 unspecified atom stereocenters. The standard InChI is InChI=1S/C14H18ClN3O3.ClH/c1-8(19)17-12-6-9(2-4-11(12)15)18-14(20)13-5-3-10(7-16)21-13;/h2,4,6,10,13H,3,5,7,16H2,1H3,(H,17,19)(H,18,20);1H/t10-,13+;/m1./s1. The molecule has 8 heteroatoms. The second-order valence-corrected chi connectivity index (χ2v) is 5.33. The van der Waals surface area contributed by atoms with Crippen molar-refractivity contribution >= 4 is 47.2 Å². The number of hydrogen-bond acceptors (Lipinski definition) is 4. The minimum absolute atomic E-state index is 0. The van der Waals surface area contributed by atoms with E-state index in [4.69, 9.17) is 22.1 Å². The highest BCUT2D eigenvalue weighted by molar-refractivity contribution is 6.33. The van der Waals surface area contributed by atoms with Crippen molar-refractivity contribution in [3.8, 4) is 0 Å². The molecule has 2 amide bonds. The number of carbonyl (C=O) groups excluding carboxylic acids is 2. The molecule has 0 aromatic heterocycles. The Morgan fingerprint density at radius 3 is 2.68 bits per heavy atom. The molecule has 22 heavy (non-hydrogen) atoms. The number of carbonyl (C=O) groups is 2. The maximum absolute atomic E-state index is 12.1. The average molecular weight is 348 g/mol. The fourth-order valence-electron chi connectivity index (χ4n) is 2.18. The molecular formula is C14H19Cl2N3O3. The minimum atomic E-state index is -0.488. The summed E-state index contributed by atoms with van der Waals surface area (Å²) in [5, 5.41) is 5.76. The van der Waals surface area contributed by atoms with Crippen LogP contribution in [0.1, 0.15) is 19.8 Å². The van der Waals surface area contributed by atoms with E-state index in [1.807, 2.05) is 0 Å². The molecule has 0 bridgehead atoms. The molecule has 0 radical (unpaired) electrons. The van der Waals surface area contributed by atoms with Gasteiger partial charge in [-0.15, -0.1) is 12.4 Å². The van der Waals surface area contributed by atoms with Crippen LogP contribution >= 0.6 is 24.0 Å². The number of rotatable bonds is 4. The Bertz CT molecular complexity index is 554. The van der Waals surface area contributed by atoms with E-state index in [1.165, 1.54) is 6.92 Å². The minimum Gasteiger partial charge on any atom is -0.364 e. The fraction of sp³-hybridized carbons (Fsp3) is 0.429. The van der Waals surface area contributed by atoms with E-state index in [0.29, 0.717) is 29.4 Å². The van der Waals surface area contributed by atoms with Gasteiger partial charge in [0.1, 0.15) is 6.10 Å². The predicted octanol–water partition coefficient (Wildman–Crippen LogP) is 2.16. The lowest BCUT2D eigenvalue weighted by Crippen LogP contribution is -2.29. The van der Waals surface area contributed by atoms with Gasteiger partial charge in [0.25, 0.3) is 5.91 Å². The third-order valence-electron chi connectivity index (χ3n) is 3.21. The molecule has 1 aromatic carbocycles. The van der Waals surface area contributed by atoms with Gasteiger partial charge in [-0.3, -0.25) is 9.59 Å². The monoisotopic (exact) mass is 347 g/mol. The summed E-state index contributed by atoms with van der Waals surface area (Å²) >= 11 is 5.98. The molecule has 1 fully saturated rings. The molecule has 1 aliphatic rings. The number of benzene rings is 1. The molecule has 2 rings (SSSR count). The van der Waals surface area contributed by atoms with Gasteiger partial charge in [0.05, 0.1) is 16.8 Å².